The Balaban J connectivity index is 1.61. The average Bonchev–Trinajstić information content (AvgIpc) is 3.04. The maximum atomic E-state index is 12.3. The molecule has 1 aliphatic carbocycles. The third kappa shape index (κ3) is 2.54. The Labute approximate surface area is 115 Å². The third-order valence-corrected chi connectivity index (χ3v) is 4.77. The van der Waals surface area contributed by atoms with E-state index in [-0.39, 0.29) is 5.41 Å². The van der Waals surface area contributed by atoms with Crippen molar-refractivity contribution in [3.63, 3.8) is 0 Å². The summed E-state index contributed by atoms with van der Waals surface area (Å²) in [6.07, 6.45) is 7.19. The van der Waals surface area contributed by atoms with Gasteiger partial charge in [0.15, 0.2) is 0 Å². The second-order valence-electron chi connectivity index (χ2n) is 6.23. The normalized spacial score (nSPS) is 20.1. The largest absolute Gasteiger partial charge is 0.493 e. The summed E-state index contributed by atoms with van der Waals surface area (Å²) < 4.78 is 5.51. The van der Waals surface area contributed by atoms with Crippen LogP contribution in [-0.4, -0.2) is 12.4 Å². The Bertz CT molecular complexity index is 484. The monoisotopic (exact) mass is 258 g/mol. The molecule has 0 spiro atoms. The zero-order valence-electron chi connectivity index (χ0n) is 11.7. The molecule has 1 aromatic rings. The van der Waals surface area contributed by atoms with Crippen LogP contribution < -0.4 is 4.74 Å². The van der Waals surface area contributed by atoms with E-state index in [2.05, 4.69) is 25.1 Å². The highest BCUT2D eigenvalue weighted by atomic mass is 16.5. The molecule has 0 radical (unpaired) electrons. The maximum absolute atomic E-state index is 12.3. The molecule has 0 atom stereocenters. The highest BCUT2D eigenvalue weighted by molar-refractivity contribution is 5.84. The molecule has 0 bridgehead atoms. The lowest BCUT2D eigenvalue weighted by Crippen LogP contribution is -2.24. The smallest absolute Gasteiger partial charge is 0.139 e. The number of carbonyl (C=O) groups excluding carboxylic acids is 1. The minimum Gasteiger partial charge on any atom is -0.493 e. The molecule has 1 fully saturated rings. The Morgan fingerprint density at radius 1 is 1.32 bits per heavy atom. The first-order chi connectivity index (χ1) is 9.17. The number of hydrogen-bond donors (Lipinski definition) is 0. The topological polar surface area (TPSA) is 26.3 Å². The lowest BCUT2D eigenvalue weighted by molar-refractivity contribution is -0.127. The van der Waals surface area contributed by atoms with E-state index in [9.17, 15) is 4.79 Å². The van der Waals surface area contributed by atoms with Gasteiger partial charge < -0.3 is 4.74 Å². The molecule has 1 aliphatic heterocycles. The first kappa shape index (κ1) is 12.7. The number of benzene rings is 1. The fraction of sp³-hybridized carbons (Fsp3) is 0.588. The van der Waals surface area contributed by atoms with Gasteiger partial charge in [-0.15, -0.1) is 0 Å². The van der Waals surface area contributed by atoms with E-state index >= 15 is 0 Å². The summed E-state index contributed by atoms with van der Waals surface area (Å²) in [6.45, 7) is 2.95. The Morgan fingerprint density at radius 2 is 2.11 bits per heavy atom. The molecule has 1 heterocycles. The van der Waals surface area contributed by atoms with Gasteiger partial charge in [0.25, 0.3) is 0 Å². The van der Waals surface area contributed by atoms with E-state index in [0.29, 0.717) is 12.2 Å². The van der Waals surface area contributed by atoms with Crippen LogP contribution in [0.25, 0.3) is 0 Å². The molecule has 3 rings (SSSR count). The van der Waals surface area contributed by atoms with Gasteiger partial charge in [-0.3, -0.25) is 4.79 Å². The van der Waals surface area contributed by atoms with Crippen LogP contribution in [0.15, 0.2) is 18.2 Å². The van der Waals surface area contributed by atoms with Crippen LogP contribution in [0.2, 0.25) is 0 Å². The predicted octanol–water partition coefficient (Wildman–Crippen LogP) is 3.70. The van der Waals surface area contributed by atoms with Gasteiger partial charge in [-0.25, -0.2) is 0 Å². The summed E-state index contributed by atoms with van der Waals surface area (Å²) in [5.74, 6) is 1.49. The van der Waals surface area contributed by atoms with Crippen LogP contribution >= 0.6 is 0 Å². The van der Waals surface area contributed by atoms with Crippen molar-refractivity contribution < 1.29 is 9.53 Å². The van der Waals surface area contributed by atoms with Crippen LogP contribution in [0.4, 0.5) is 0 Å². The van der Waals surface area contributed by atoms with E-state index in [0.717, 1.165) is 38.0 Å². The molecule has 0 amide bonds. The summed E-state index contributed by atoms with van der Waals surface area (Å²) in [4.78, 5) is 12.3. The molecule has 2 heteroatoms. The quantitative estimate of drug-likeness (QED) is 0.823. The lowest BCUT2D eigenvalue weighted by atomic mass is 9.81. The summed E-state index contributed by atoms with van der Waals surface area (Å²) in [5.41, 5.74) is 2.55. The van der Waals surface area contributed by atoms with E-state index in [4.69, 9.17) is 4.74 Å². The summed E-state index contributed by atoms with van der Waals surface area (Å²) in [5, 5.41) is 0. The van der Waals surface area contributed by atoms with E-state index in [1.165, 1.54) is 24.0 Å². The molecule has 19 heavy (non-hydrogen) atoms. The van der Waals surface area contributed by atoms with Gasteiger partial charge in [-0.05, 0) is 36.5 Å². The van der Waals surface area contributed by atoms with Crippen molar-refractivity contribution in [2.75, 3.05) is 6.61 Å². The molecule has 2 nitrogen and oxygen atoms in total. The van der Waals surface area contributed by atoms with Crippen molar-refractivity contribution in [2.45, 2.75) is 51.9 Å². The van der Waals surface area contributed by atoms with Gasteiger partial charge >= 0.3 is 0 Å². The molecular formula is C17H22O2. The molecule has 102 valence electrons. The van der Waals surface area contributed by atoms with E-state index in [1.54, 1.807) is 0 Å². The van der Waals surface area contributed by atoms with Crippen LogP contribution in [0.5, 0.6) is 5.75 Å². The SMILES string of the molecule is CC1(C(=O)CCc2ccc3c(c2)CCO3)CCCC1. The van der Waals surface area contributed by atoms with Crippen LogP contribution in [-0.2, 0) is 17.6 Å². The van der Waals surface area contributed by atoms with Gasteiger partial charge in [0.1, 0.15) is 11.5 Å². The zero-order chi connectivity index (χ0) is 13.3. The highest BCUT2D eigenvalue weighted by Crippen LogP contribution is 2.39. The fourth-order valence-electron chi connectivity index (χ4n) is 3.39. The molecule has 2 aliphatic rings. The van der Waals surface area contributed by atoms with Crippen molar-refractivity contribution in [2.24, 2.45) is 5.41 Å². The third-order valence-electron chi connectivity index (χ3n) is 4.77. The molecule has 0 N–H and O–H groups in total. The van der Waals surface area contributed by atoms with Crippen molar-refractivity contribution in [3.8, 4) is 5.75 Å². The van der Waals surface area contributed by atoms with Crippen LogP contribution in [0.3, 0.4) is 0 Å². The molecular weight excluding hydrogens is 236 g/mol. The van der Waals surface area contributed by atoms with Gasteiger partial charge in [0.2, 0.25) is 0 Å². The number of rotatable bonds is 4. The zero-order valence-corrected chi connectivity index (χ0v) is 11.7. The predicted molar refractivity (Wildman–Crippen MR) is 75.5 cm³/mol. The molecule has 0 unspecified atom stereocenters. The van der Waals surface area contributed by atoms with Gasteiger partial charge in [0, 0.05) is 18.3 Å². The van der Waals surface area contributed by atoms with Crippen molar-refractivity contribution in [3.05, 3.63) is 29.3 Å². The number of aryl methyl sites for hydroxylation is 1. The fourth-order valence-corrected chi connectivity index (χ4v) is 3.39. The first-order valence-corrected chi connectivity index (χ1v) is 7.45. The Morgan fingerprint density at radius 3 is 2.89 bits per heavy atom. The summed E-state index contributed by atoms with van der Waals surface area (Å²) in [7, 11) is 0. The van der Waals surface area contributed by atoms with Gasteiger partial charge in [0.05, 0.1) is 6.61 Å². The number of carbonyl (C=O) groups is 1. The van der Waals surface area contributed by atoms with Crippen molar-refractivity contribution in [1.29, 1.82) is 0 Å². The molecule has 0 aromatic heterocycles. The Hall–Kier alpha value is -1.31. The highest BCUT2D eigenvalue weighted by Gasteiger charge is 2.35. The van der Waals surface area contributed by atoms with E-state index < -0.39 is 0 Å². The van der Waals surface area contributed by atoms with Crippen molar-refractivity contribution >= 4 is 5.78 Å². The lowest BCUT2D eigenvalue weighted by Gasteiger charge is -2.21. The van der Waals surface area contributed by atoms with Gasteiger partial charge in [-0.1, -0.05) is 31.9 Å². The molecule has 0 saturated heterocycles. The molecule has 1 aromatic carbocycles. The average molecular weight is 258 g/mol. The second kappa shape index (κ2) is 4.99. The number of hydrogen-bond acceptors (Lipinski definition) is 2. The first-order valence-electron chi connectivity index (χ1n) is 7.45. The minimum atomic E-state index is -0.0279. The number of ether oxygens (including phenoxy) is 1. The second-order valence-corrected chi connectivity index (χ2v) is 6.23. The standard InChI is InChI=1S/C17H22O2/c1-17(9-2-3-10-17)16(18)7-5-13-4-6-15-14(12-13)8-11-19-15/h4,6,12H,2-3,5,7-11H2,1H3. The summed E-state index contributed by atoms with van der Waals surface area (Å²) >= 11 is 0. The summed E-state index contributed by atoms with van der Waals surface area (Å²) in [6, 6.07) is 6.38. The number of ketones is 1. The van der Waals surface area contributed by atoms with Crippen molar-refractivity contribution in [1.82, 2.24) is 0 Å². The number of fused-ring (bicyclic) bond motifs is 1. The van der Waals surface area contributed by atoms with Crippen LogP contribution in [0, 0.1) is 5.41 Å². The Kier molecular flexibility index (Phi) is 3.34. The molecule has 1 saturated carbocycles. The minimum absolute atomic E-state index is 0.0279. The van der Waals surface area contributed by atoms with Gasteiger partial charge in [-0.2, -0.15) is 0 Å². The van der Waals surface area contributed by atoms with E-state index in [1.807, 2.05) is 0 Å². The van der Waals surface area contributed by atoms with Crippen LogP contribution in [0.1, 0.15) is 50.2 Å². The maximum Gasteiger partial charge on any atom is 0.139 e. The number of Topliss-reactive ketones (excluding diaryl/α,β-unsaturated/α-hetero) is 1.